The number of anilines is 1. The average Bonchev–Trinajstić information content (AvgIpc) is 1.58. The summed E-state index contributed by atoms with van der Waals surface area (Å²) < 4.78 is 23.5. The number of alkyl carbamates (subject to hydrolysis) is 1. The summed E-state index contributed by atoms with van der Waals surface area (Å²) in [6, 6.07) is 23.7. The van der Waals surface area contributed by atoms with Gasteiger partial charge in [0.25, 0.3) is 0 Å². The monoisotopic (exact) mass is 1360 g/mol. The number of primary amides is 1. The molecule has 25 heteroatoms. The lowest BCUT2D eigenvalue weighted by Gasteiger charge is -2.41. The van der Waals surface area contributed by atoms with Crippen molar-refractivity contribution < 1.29 is 72.0 Å². The molecule has 0 bridgehead atoms. The fourth-order valence-electron chi connectivity index (χ4n) is 13.2. The predicted octanol–water partition coefficient (Wildman–Crippen LogP) is 7.59. The minimum Gasteiger partial charge on any atom is -0.480 e. The summed E-state index contributed by atoms with van der Waals surface area (Å²) >= 11 is 0. The number of nitrogens with one attached hydrogen (secondary N) is 6. The highest BCUT2D eigenvalue weighted by molar-refractivity contribution is 5.98. The van der Waals surface area contributed by atoms with Crippen LogP contribution in [0.1, 0.15) is 129 Å². The molecule has 2 aliphatic rings. The van der Waals surface area contributed by atoms with E-state index in [1.165, 1.54) is 31.1 Å². The molecule has 1 heterocycles. The van der Waals surface area contributed by atoms with Crippen LogP contribution in [0.15, 0.2) is 103 Å². The highest BCUT2D eigenvalue weighted by Crippen LogP contribution is 2.44. The number of likely N-dealkylation sites (tertiary alicyclic amines) is 1. The summed E-state index contributed by atoms with van der Waals surface area (Å²) in [6.45, 7) is 16.5. The molecule has 0 aromatic heterocycles. The van der Waals surface area contributed by atoms with Gasteiger partial charge in [0.05, 0.1) is 36.6 Å². The Kier molecular flexibility index (Phi) is 29.4. The lowest BCUT2D eigenvalue weighted by molar-refractivity contribution is -0.148. The molecular weight excluding hydrogens is 1260 g/mol. The molecular formula is C73H102N10O15. The minimum atomic E-state index is -1.19. The van der Waals surface area contributed by atoms with Crippen LogP contribution in [0.5, 0.6) is 0 Å². The molecule has 0 radical (unpaired) electrons. The van der Waals surface area contributed by atoms with Crippen molar-refractivity contribution in [2.45, 2.75) is 174 Å². The first-order chi connectivity index (χ1) is 46.6. The van der Waals surface area contributed by atoms with E-state index in [9.17, 15) is 53.1 Å². The van der Waals surface area contributed by atoms with Crippen LogP contribution in [0.25, 0.3) is 11.1 Å². The van der Waals surface area contributed by atoms with Crippen molar-refractivity contribution in [2.24, 2.45) is 35.3 Å². The van der Waals surface area contributed by atoms with Gasteiger partial charge >= 0.3 is 24.2 Å². The van der Waals surface area contributed by atoms with Crippen molar-refractivity contribution in [3.8, 4) is 11.1 Å². The summed E-state index contributed by atoms with van der Waals surface area (Å²) in [5, 5.41) is 26.4. The Bertz CT molecular complexity index is 3320. The zero-order valence-electron chi connectivity index (χ0n) is 58.8. The van der Waals surface area contributed by atoms with Crippen LogP contribution in [-0.2, 0) is 65.5 Å². The lowest BCUT2D eigenvalue weighted by Crippen LogP contribution is -2.60. The maximum Gasteiger partial charge on any atom is 0.410 e. The van der Waals surface area contributed by atoms with E-state index in [4.69, 9.17) is 24.7 Å². The van der Waals surface area contributed by atoms with Crippen LogP contribution in [0.4, 0.5) is 20.1 Å². The number of carbonyl (C=O) groups excluding carboxylic acids is 9. The molecule has 6 rings (SSSR count). The maximum absolute atomic E-state index is 14.8. The second-order valence-corrected chi connectivity index (χ2v) is 26.6. The van der Waals surface area contributed by atoms with Gasteiger partial charge in [-0.25, -0.2) is 19.2 Å². The number of hydrogen-bond donors (Lipinski definition) is 8. The van der Waals surface area contributed by atoms with Crippen LogP contribution in [0.2, 0.25) is 0 Å². The molecule has 0 spiro atoms. The van der Waals surface area contributed by atoms with Gasteiger partial charge in [-0.1, -0.05) is 160 Å². The number of aliphatic carboxylic acids is 1. The van der Waals surface area contributed by atoms with E-state index in [0.29, 0.717) is 37.1 Å². The lowest BCUT2D eigenvalue weighted by atomic mass is 9.89. The van der Waals surface area contributed by atoms with Crippen LogP contribution in [-0.4, -0.2) is 182 Å². The van der Waals surface area contributed by atoms with Crippen LogP contribution in [0.3, 0.4) is 0 Å². The predicted molar refractivity (Wildman–Crippen MR) is 370 cm³/mol. The van der Waals surface area contributed by atoms with Crippen molar-refractivity contribution in [2.75, 3.05) is 53.3 Å². The van der Waals surface area contributed by atoms with Crippen molar-refractivity contribution in [1.29, 1.82) is 0 Å². The van der Waals surface area contributed by atoms with E-state index in [0.717, 1.165) is 27.8 Å². The van der Waals surface area contributed by atoms with Crippen molar-refractivity contribution in [3.63, 3.8) is 0 Å². The first-order valence-corrected chi connectivity index (χ1v) is 33.9. The molecule has 98 heavy (non-hydrogen) atoms. The van der Waals surface area contributed by atoms with E-state index in [1.54, 1.807) is 109 Å². The first kappa shape index (κ1) is 77.9. The van der Waals surface area contributed by atoms with Gasteiger partial charge in [0, 0.05) is 59.4 Å². The number of benzene rings is 4. The number of hydrogen-bond acceptors (Lipinski definition) is 14. The van der Waals surface area contributed by atoms with E-state index in [1.807, 2.05) is 68.4 Å². The van der Waals surface area contributed by atoms with Crippen molar-refractivity contribution in [3.05, 3.63) is 125 Å². The van der Waals surface area contributed by atoms with E-state index in [2.05, 4.69) is 31.9 Å². The SMILES string of the molecule is CC[C@H](C)[C@@H](C(CC(=O)N1CCC[C@H]1[C@H](OC)[C@@H](C)C(=O)N[C@@H](Cc1ccccc1)C(=O)O)OC)N(C)C(=O)[C@@H](NC(=O)[C@H](C(C)C)N(C)C(=O)OCc1ccc(NC(=O)[C@H](CCCNC(N)=O)NC(=O)[C@@H](NC(=O)OCC2c3ccccc3-c3ccccc32)C(C)C)cc1)C(C)C. The maximum atomic E-state index is 14.8. The van der Waals surface area contributed by atoms with Gasteiger partial charge in [-0.2, -0.15) is 0 Å². The third-order valence-corrected chi connectivity index (χ3v) is 18.7. The Balaban J connectivity index is 1.04. The highest BCUT2D eigenvalue weighted by atomic mass is 16.6. The van der Waals surface area contributed by atoms with E-state index < -0.39 is 132 Å². The summed E-state index contributed by atoms with van der Waals surface area (Å²) in [5.41, 5.74) is 11.1. The number of likely N-dealkylation sites (N-methyl/N-ethyl adjacent to an activating group) is 2. The Hall–Kier alpha value is -9.10. The molecule has 1 aliphatic heterocycles. The summed E-state index contributed by atoms with van der Waals surface area (Å²) in [7, 11) is 5.99. The van der Waals surface area contributed by atoms with Gasteiger partial charge in [-0.15, -0.1) is 0 Å². The topological polar surface area (TPSA) is 336 Å². The Labute approximate surface area is 575 Å². The minimum absolute atomic E-state index is 0.0281. The number of methoxy groups -OCH3 is 2. The van der Waals surface area contributed by atoms with Gasteiger partial charge < -0.3 is 71.5 Å². The zero-order chi connectivity index (χ0) is 72.1. The molecule has 25 nitrogen and oxygen atoms in total. The largest absolute Gasteiger partial charge is 0.480 e. The number of carbonyl (C=O) groups is 10. The third-order valence-electron chi connectivity index (χ3n) is 18.7. The van der Waals surface area contributed by atoms with E-state index >= 15 is 0 Å². The normalized spacial score (nSPS) is 16.5. The second kappa shape index (κ2) is 37.0. The number of rotatable bonds is 35. The molecule has 1 saturated heterocycles. The third kappa shape index (κ3) is 20.7. The fraction of sp³-hybridized carbons (Fsp3) is 0.534. The number of nitrogens with two attached hydrogens (primary N) is 1. The number of fused-ring (bicyclic) bond motifs is 3. The van der Waals surface area contributed by atoms with Crippen LogP contribution in [0, 0.1) is 29.6 Å². The Morgan fingerprint density at radius 2 is 1.26 bits per heavy atom. The van der Waals surface area contributed by atoms with Gasteiger partial charge in [0.2, 0.25) is 35.4 Å². The molecule has 534 valence electrons. The molecule has 9 N–H and O–H groups in total. The van der Waals surface area contributed by atoms with Crippen LogP contribution < -0.4 is 37.6 Å². The number of ether oxygens (including phenoxy) is 4. The molecule has 0 saturated carbocycles. The molecule has 1 fully saturated rings. The van der Waals surface area contributed by atoms with Crippen LogP contribution >= 0.6 is 0 Å². The number of nitrogens with zero attached hydrogens (tertiary/aromatic N) is 3. The molecule has 1 aliphatic carbocycles. The Morgan fingerprint density at radius 1 is 0.653 bits per heavy atom. The molecule has 4 aromatic carbocycles. The van der Waals surface area contributed by atoms with Crippen molar-refractivity contribution in [1.82, 2.24) is 41.3 Å². The molecule has 11 atom stereocenters. The molecule has 10 amide bonds. The summed E-state index contributed by atoms with van der Waals surface area (Å²) in [5.74, 6) is -6.82. The Morgan fingerprint density at radius 3 is 1.82 bits per heavy atom. The zero-order valence-corrected chi connectivity index (χ0v) is 58.8. The quantitative estimate of drug-likeness (QED) is 0.0206. The van der Waals surface area contributed by atoms with Gasteiger partial charge in [0.1, 0.15) is 43.4 Å². The van der Waals surface area contributed by atoms with Gasteiger partial charge in [-0.05, 0) is 94.9 Å². The molecule has 4 aromatic rings. The number of carboxylic acid groups (broad SMARTS) is 1. The second-order valence-electron chi connectivity index (χ2n) is 26.6. The smallest absolute Gasteiger partial charge is 0.410 e. The fourth-order valence-corrected chi connectivity index (χ4v) is 13.2. The number of urea groups is 1. The van der Waals surface area contributed by atoms with Gasteiger partial charge in [-0.3, -0.25) is 33.7 Å². The van der Waals surface area contributed by atoms with E-state index in [-0.39, 0.29) is 63.2 Å². The standard InChI is InChI=1S/C73H102N10O15/c1-14-45(8)63(58(95-12)39-59(84)83-37-23-31-57(83)64(96-13)46(9)65(85)78-56(70(90)91)38-47-24-16-15-17-25-47)81(10)69(89)61(43(4)5)79-68(88)62(44(6)7)82(11)73(94)98-40-48-32-34-49(35-33-48)76-66(86)55(30-22-36-75-71(74)92)77-67(87)60(42(2)3)80-72(93)97-41-54-52-28-20-18-26-50(52)51-27-19-21-29-53(51)54/h15-21,24-29,32-35,42-46,54-58,60-64H,14,22-23,30-31,36-41H2,1-13H3,(H,76,86)(H,77,87)(H,78,85)(H,79,88)(H,80,93)(H,90,91)(H3,74,75,92)/t45-,46+,55-,56-,57-,58?,60-,61-,62-,63-,64+/m0/s1. The highest BCUT2D eigenvalue weighted by Gasteiger charge is 2.44. The average molecular weight is 1360 g/mol. The summed E-state index contributed by atoms with van der Waals surface area (Å²) in [4.78, 5) is 141. The van der Waals surface area contributed by atoms with Crippen molar-refractivity contribution >= 4 is 65.3 Å². The summed E-state index contributed by atoms with van der Waals surface area (Å²) in [6.07, 6.45) is -1.19. The molecule has 1 unspecified atom stereocenters. The van der Waals surface area contributed by atoms with Gasteiger partial charge in [0.15, 0.2) is 0 Å². The number of amides is 10. The first-order valence-electron chi connectivity index (χ1n) is 33.9. The number of carboxylic acids is 1.